The molecule has 0 spiro atoms. The molecule has 0 bridgehead atoms. The number of aliphatic hydroxyl groups is 1. The number of thiazole rings is 1. The number of benzene rings is 1. The van der Waals surface area contributed by atoms with Gasteiger partial charge in [0.1, 0.15) is 5.75 Å². The van der Waals surface area contributed by atoms with E-state index in [2.05, 4.69) is 4.98 Å². The Kier molecular flexibility index (Phi) is 4.24. The second-order valence-electron chi connectivity index (χ2n) is 4.90. The highest BCUT2D eigenvalue weighted by molar-refractivity contribution is 7.11. The Bertz CT molecular complexity index is 595. The van der Waals surface area contributed by atoms with Gasteiger partial charge in [0.25, 0.3) is 0 Å². The van der Waals surface area contributed by atoms with Crippen molar-refractivity contribution < 1.29 is 9.84 Å². The summed E-state index contributed by atoms with van der Waals surface area (Å²) in [5.74, 6) is 1.36. The number of aliphatic hydroxyl groups excluding tert-OH is 1. The molecule has 1 fully saturated rings. The van der Waals surface area contributed by atoms with Crippen LogP contribution < -0.4 is 4.74 Å². The summed E-state index contributed by atoms with van der Waals surface area (Å²) in [6.45, 7) is 0.668. The van der Waals surface area contributed by atoms with Crippen LogP contribution in [0.2, 0.25) is 5.02 Å². The highest BCUT2D eigenvalue weighted by Crippen LogP contribution is 2.42. The quantitative estimate of drug-likeness (QED) is 0.883. The number of rotatable bonds is 6. The lowest BCUT2D eigenvalue weighted by Gasteiger charge is -2.04. The number of aromatic nitrogens is 1. The molecule has 20 heavy (non-hydrogen) atoms. The van der Waals surface area contributed by atoms with Crippen LogP contribution in [-0.4, -0.2) is 16.7 Å². The van der Waals surface area contributed by atoms with Crippen LogP contribution in [0.25, 0.3) is 0 Å². The fraction of sp³-hybridized carbons (Fsp3) is 0.400. The number of hydrogen-bond acceptors (Lipinski definition) is 4. The van der Waals surface area contributed by atoms with Crippen LogP contribution in [0, 0.1) is 0 Å². The van der Waals surface area contributed by atoms with E-state index in [4.69, 9.17) is 16.3 Å². The smallest absolute Gasteiger partial charge is 0.120 e. The van der Waals surface area contributed by atoms with Crippen LogP contribution in [0.3, 0.4) is 0 Å². The van der Waals surface area contributed by atoms with Gasteiger partial charge in [-0.25, -0.2) is 4.98 Å². The minimum Gasteiger partial charge on any atom is -0.493 e. The largest absolute Gasteiger partial charge is 0.493 e. The molecule has 1 heterocycles. The van der Waals surface area contributed by atoms with Crippen molar-refractivity contribution in [1.82, 2.24) is 4.98 Å². The van der Waals surface area contributed by atoms with E-state index in [9.17, 15) is 5.11 Å². The Labute approximate surface area is 127 Å². The van der Waals surface area contributed by atoms with E-state index in [1.807, 2.05) is 18.2 Å². The normalized spacial score (nSPS) is 14.5. The first-order valence-electron chi connectivity index (χ1n) is 6.74. The average molecular weight is 310 g/mol. The lowest BCUT2D eigenvalue weighted by molar-refractivity contribution is 0.284. The standard InChI is InChI=1S/C15H16ClNO2S/c16-11-2-1-3-12(8-11)19-7-6-14-17-15(10-4-5-10)13(9-18)20-14/h1-3,8,10,18H,4-7,9H2. The molecule has 106 valence electrons. The zero-order valence-electron chi connectivity index (χ0n) is 11.0. The van der Waals surface area contributed by atoms with E-state index in [0.29, 0.717) is 17.5 Å². The molecule has 2 aromatic rings. The van der Waals surface area contributed by atoms with Gasteiger partial charge in [0.15, 0.2) is 0 Å². The highest BCUT2D eigenvalue weighted by atomic mass is 35.5. The first kappa shape index (κ1) is 13.9. The lowest BCUT2D eigenvalue weighted by Crippen LogP contribution is -2.01. The molecule has 1 N–H and O–H groups in total. The number of hydrogen-bond donors (Lipinski definition) is 1. The third-order valence-electron chi connectivity index (χ3n) is 3.26. The van der Waals surface area contributed by atoms with Crippen molar-refractivity contribution in [1.29, 1.82) is 0 Å². The molecular weight excluding hydrogens is 294 g/mol. The van der Waals surface area contributed by atoms with Crippen molar-refractivity contribution in [3.63, 3.8) is 0 Å². The lowest BCUT2D eigenvalue weighted by atomic mass is 10.2. The Morgan fingerprint density at radius 2 is 2.25 bits per heavy atom. The molecule has 0 aliphatic heterocycles. The second-order valence-corrected chi connectivity index (χ2v) is 6.51. The van der Waals surface area contributed by atoms with Gasteiger partial charge in [-0.05, 0) is 31.0 Å². The van der Waals surface area contributed by atoms with Crippen molar-refractivity contribution in [3.8, 4) is 5.75 Å². The average Bonchev–Trinajstić information content (AvgIpc) is 3.20. The molecule has 0 saturated heterocycles. The van der Waals surface area contributed by atoms with Gasteiger partial charge in [-0.15, -0.1) is 11.3 Å². The van der Waals surface area contributed by atoms with Crippen LogP contribution in [0.1, 0.15) is 34.3 Å². The first-order chi connectivity index (χ1) is 9.76. The molecule has 1 saturated carbocycles. The van der Waals surface area contributed by atoms with E-state index in [1.165, 1.54) is 12.8 Å². The third-order valence-corrected chi connectivity index (χ3v) is 4.61. The third kappa shape index (κ3) is 3.32. The van der Waals surface area contributed by atoms with Crippen molar-refractivity contribution >= 4 is 22.9 Å². The van der Waals surface area contributed by atoms with Crippen LogP contribution in [0.15, 0.2) is 24.3 Å². The van der Waals surface area contributed by atoms with Gasteiger partial charge in [-0.1, -0.05) is 17.7 Å². The number of nitrogens with zero attached hydrogens (tertiary/aromatic N) is 1. The summed E-state index contributed by atoms with van der Waals surface area (Å²) in [5.41, 5.74) is 1.11. The summed E-state index contributed by atoms with van der Waals surface area (Å²) < 4.78 is 5.67. The summed E-state index contributed by atoms with van der Waals surface area (Å²) in [4.78, 5) is 5.66. The van der Waals surface area contributed by atoms with Crippen molar-refractivity contribution in [2.75, 3.05) is 6.61 Å². The van der Waals surface area contributed by atoms with Gasteiger partial charge < -0.3 is 9.84 Å². The first-order valence-corrected chi connectivity index (χ1v) is 7.93. The molecule has 1 aromatic heterocycles. The van der Waals surface area contributed by atoms with E-state index >= 15 is 0 Å². The molecule has 5 heteroatoms. The van der Waals surface area contributed by atoms with Crippen molar-refractivity contribution in [3.05, 3.63) is 44.9 Å². The fourth-order valence-electron chi connectivity index (χ4n) is 2.12. The van der Waals surface area contributed by atoms with E-state index in [1.54, 1.807) is 17.4 Å². The molecule has 1 aromatic carbocycles. The topological polar surface area (TPSA) is 42.4 Å². The van der Waals surface area contributed by atoms with Gasteiger partial charge >= 0.3 is 0 Å². The van der Waals surface area contributed by atoms with Crippen LogP contribution in [-0.2, 0) is 13.0 Å². The molecule has 3 nitrogen and oxygen atoms in total. The van der Waals surface area contributed by atoms with Crippen LogP contribution in [0.4, 0.5) is 0 Å². The molecular formula is C15H16ClNO2S. The van der Waals surface area contributed by atoms with E-state index in [0.717, 1.165) is 27.7 Å². The van der Waals surface area contributed by atoms with Crippen molar-refractivity contribution in [2.45, 2.75) is 31.8 Å². The van der Waals surface area contributed by atoms with Gasteiger partial charge in [0, 0.05) is 17.4 Å². The molecule has 1 aliphatic rings. The van der Waals surface area contributed by atoms with E-state index < -0.39 is 0 Å². The zero-order chi connectivity index (χ0) is 13.9. The Balaban J connectivity index is 1.58. The van der Waals surface area contributed by atoms with Gasteiger partial charge in [-0.2, -0.15) is 0 Å². The summed E-state index contributed by atoms with van der Waals surface area (Å²) >= 11 is 7.51. The Hall–Kier alpha value is -1.10. The maximum atomic E-state index is 9.37. The van der Waals surface area contributed by atoms with Gasteiger partial charge in [0.2, 0.25) is 0 Å². The van der Waals surface area contributed by atoms with Gasteiger partial charge in [-0.3, -0.25) is 0 Å². The Morgan fingerprint density at radius 3 is 2.95 bits per heavy atom. The maximum absolute atomic E-state index is 9.37. The molecule has 3 rings (SSSR count). The van der Waals surface area contributed by atoms with Gasteiger partial charge in [0.05, 0.1) is 28.8 Å². The second kappa shape index (κ2) is 6.12. The predicted molar refractivity (Wildman–Crippen MR) is 80.7 cm³/mol. The summed E-state index contributed by atoms with van der Waals surface area (Å²) in [5, 5.41) is 11.1. The minimum absolute atomic E-state index is 0.0959. The van der Waals surface area contributed by atoms with Crippen LogP contribution in [0.5, 0.6) is 5.75 Å². The molecule has 0 radical (unpaired) electrons. The summed E-state index contributed by atoms with van der Waals surface area (Å²) in [6.07, 6.45) is 3.17. The zero-order valence-corrected chi connectivity index (χ0v) is 12.6. The highest BCUT2D eigenvalue weighted by Gasteiger charge is 2.29. The minimum atomic E-state index is 0.0959. The van der Waals surface area contributed by atoms with Crippen LogP contribution >= 0.6 is 22.9 Å². The SMILES string of the molecule is OCc1sc(CCOc2cccc(Cl)c2)nc1C1CC1. The monoisotopic (exact) mass is 309 g/mol. The summed E-state index contributed by atoms with van der Waals surface area (Å²) in [7, 11) is 0. The fourth-order valence-corrected chi connectivity index (χ4v) is 3.30. The number of ether oxygens (including phenoxy) is 1. The van der Waals surface area contributed by atoms with E-state index in [-0.39, 0.29) is 6.61 Å². The Morgan fingerprint density at radius 1 is 1.40 bits per heavy atom. The maximum Gasteiger partial charge on any atom is 0.120 e. The molecule has 0 unspecified atom stereocenters. The molecule has 0 amide bonds. The molecule has 1 aliphatic carbocycles. The predicted octanol–water partition coefficient (Wildman–Crippen LogP) is 3.79. The number of halogens is 1. The van der Waals surface area contributed by atoms with Crippen molar-refractivity contribution in [2.24, 2.45) is 0 Å². The molecule has 0 atom stereocenters. The summed E-state index contributed by atoms with van der Waals surface area (Å²) in [6, 6.07) is 7.39.